The number of allylic oxidation sites excluding steroid dienone is 7. The van der Waals surface area contributed by atoms with Crippen LogP contribution in [-0.2, 0) is 41.8 Å². The molecule has 0 heterocycles. The number of unbranched alkanes of at least 4 members (excludes halogenated alkanes) is 17. The van der Waals surface area contributed by atoms with E-state index < -0.39 is 89.6 Å². The lowest BCUT2D eigenvalue weighted by Crippen LogP contribution is -2.64. The normalized spacial score (nSPS) is 22.4. The molecule has 9 atom stereocenters. The number of carbonyl (C=O) groups excluding carboxylic acids is 2. The number of aliphatic hydroxyl groups is 5. The van der Waals surface area contributed by atoms with E-state index in [0.29, 0.717) is 25.7 Å². The molecule has 0 aromatic carbocycles. The van der Waals surface area contributed by atoms with Crippen molar-refractivity contribution in [2.75, 3.05) is 13.2 Å². The number of phosphoric ester groups is 2. The summed E-state index contributed by atoms with van der Waals surface area (Å²) in [5, 5.41) is 51.2. The number of ether oxygens (including phenoxy) is 2. The Balaban J connectivity index is 2.63. The Bertz CT molecular complexity index is 1480. The van der Waals surface area contributed by atoms with Crippen molar-refractivity contribution in [3.63, 3.8) is 0 Å². The summed E-state index contributed by atoms with van der Waals surface area (Å²) in [7, 11) is -10.7. The second-order valence-electron chi connectivity index (χ2n) is 17.0. The lowest BCUT2D eigenvalue weighted by atomic mass is 9.85. The van der Waals surface area contributed by atoms with Crippen molar-refractivity contribution in [1.29, 1.82) is 0 Å². The van der Waals surface area contributed by atoms with Crippen molar-refractivity contribution in [3.05, 3.63) is 48.6 Å². The number of aliphatic hydroxyl groups excluding tert-OH is 5. The zero-order chi connectivity index (χ0) is 49.1. The first-order valence-electron chi connectivity index (χ1n) is 24.3. The number of rotatable bonds is 40. The van der Waals surface area contributed by atoms with Crippen molar-refractivity contribution in [1.82, 2.24) is 0 Å². The summed E-state index contributed by atoms with van der Waals surface area (Å²) in [4.78, 5) is 54.3. The molecule has 1 rings (SSSR count). The van der Waals surface area contributed by atoms with Crippen LogP contribution >= 0.6 is 15.6 Å². The second kappa shape index (κ2) is 37.8. The zero-order valence-corrected chi connectivity index (χ0v) is 41.3. The number of phosphoric acid groups is 2. The average Bonchev–Trinajstić information content (AvgIpc) is 3.26. The van der Waals surface area contributed by atoms with Gasteiger partial charge in [0.15, 0.2) is 6.10 Å². The zero-order valence-electron chi connectivity index (χ0n) is 39.5. The highest BCUT2D eigenvalue weighted by Crippen LogP contribution is 2.49. The first-order valence-corrected chi connectivity index (χ1v) is 27.3. The molecule has 0 bridgehead atoms. The summed E-state index contributed by atoms with van der Waals surface area (Å²) in [6.45, 7) is 2.94. The van der Waals surface area contributed by atoms with Gasteiger partial charge in [-0.2, -0.15) is 0 Å². The van der Waals surface area contributed by atoms with E-state index >= 15 is 0 Å². The van der Waals surface area contributed by atoms with Crippen molar-refractivity contribution < 1.29 is 82.0 Å². The van der Waals surface area contributed by atoms with Crippen LogP contribution in [0.1, 0.15) is 174 Å². The Morgan fingerprint density at radius 2 is 1.06 bits per heavy atom. The molecule has 5 unspecified atom stereocenters. The van der Waals surface area contributed by atoms with Crippen LogP contribution in [0.25, 0.3) is 0 Å². The van der Waals surface area contributed by atoms with Gasteiger partial charge in [0.1, 0.15) is 43.2 Å². The molecule has 17 nitrogen and oxygen atoms in total. The summed E-state index contributed by atoms with van der Waals surface area (Å²) in [6.07, 6.45) is 23.9. The van der Waals surface area contributed by atoms with Gasteiger partial charge in [0, 0.05) is 12.8 Å². The number of hydrogen-bond acceptors (Lipinski definition) is 14. The predicted octanol–water partition coefficient (Wildman–Crippen LogP) is 8.26. The monoisotopic (exact) mass is 983 g/mol. The Kier molecular flexibility index (Phi) is 35.4. The van der Waals surface area contributed by atoms with Crippen molar-refractivity contribution in [2.24, 2.45) is 0 Å². The summed E-state index contributed by atoms with van der Waals surface area (Å²) in [6, 6.07) is 0. The van der Waals surface area contributed by atoms with Crippen LogP contribution in [0.5, 0.6) is 0 Å². The molecule has 0 aromatic heterocycles. The largest absolute Gasteiger partial charge is 0.472 e. The SMILES string of the molecule is CCCCCCCCCCCCCCCCCC(=O)O[C@H](COC(=O)CCC/C=C\C/C=C\C/C=C\C=C\[C@H](O)CCCCC)COP(=O)(O)O[C@H]1C(O)C(O)C(O)[C@@H](OP(=O)(O)O)C1O. The van der Waals surface area contributed by atoms with E-state index in [0.717, 1.165) is 57.8 Å². The van der Waals surface area contributed by atoms with Gasteiger partial charge in [0.25, 0.3) is 0 Å². The van der Waals surface area contributed by atoms with E-state index in [1.165, 1.54) is 64.2 Å². The first-order chi connectivity index (χ1) is 31.5. The molecule has 0 radical (unpaired) electrons. The minimum absolute atomic E-state index is 0.0253. The Labute approximate surface area is 393 Å². The Morgan fingerprint density at radius 1 is 0.561 bits per heavy atom. The molecule has 66 heavy (non-hydrogen) atoms. The molecule has 19 heteroatoms. The fourth-order valence-corrected chi connectivity index (χ4v) is 8.73. The third-order valence-corrected chi connectivity index (χ3v) is 12.5. The fraction of sp³-hybridized carbons (Fsp3) is 0.787. The van der Waals surface area contributed by atoms with Gasteiger partial charge >= 0.3 is 27.6 Å². The highest BCUT2D eigenvalue weighted by molar-refractivity contribution is 7.47. The molecular weight excluding hydrogens is 898 g/mol. The molecule has 384 valence electrons. The molecular formula is C47H84O17P2. The van der Waals surface area contributed by atoms with Gasteiger partial charge in [-0.1, -0.05) is 172 Å². The maximum atomic E-state index is 13.0. The number of hydrogen-bond donors (Lipinski definition) is 8. The van der Waals surface area contributed by atoms with Crippen LogP contribution in [0.4, 0.5) is 0 Å². The van der Waals surface area contributed by atoms with E-state index in [4.69, 9.17) is 18.5 Å². The van der Waals surface area contributed by atoms with Crippen molar-refractivity contribution in [3.8, 4) is 0 Å². The van der Waals surface area contributed by atoms with E-state index in [1.807, 2.05) is 42.5 Å². The van der Waals surface area contributed by atoms with Crippen molar-refractivity contribution >= 4 is 27.6 Å². The standard InChI is InChI=1S/C47H84O17P2/c1-3-5-7-8-9-10-11-12-13-14-17-21-24-27-31-35-41(50)62-39(37-61-66(58,59)64-47-44(53)42(51)43(52)46(45(47)54)63-65(55,56)57)36-60-40(49)34-30-26-23-20-18-15-16-19-22-25-29-33-38(48)32-28-6-4-2/h15-16,20,22-23,25,29,33,38-39,42-48,51-54H,3-14,17-19,21,24,26-28,30-32,34-37H2,1-2H3,(H,58,59)(H2,55,56,57)/b16-15-,23-20-,25-22-,33-29+/t38-,39-,42?,43?,44?,45?,46-,47+/m1/s1. The Hall–Kier alpha value is -2.08. The minimum atomic E-state index is -5.37. The number of esters is 2. The molecule has 0 amide bonds. The Morgan fingerprint density at radius 3 is 1.64 bits per heavy atom. The third kappa shape index (κ3) is 31.9. The fourth-order valence-electron chi connectivity index (χ4n) is 7.19. The molecule has 1 aliphatic rings. The molecule has 1 aliphatic carbocycles. The van der Waals surface area contributed by atoms with Crippen molar-refractivity contribution in [2.45, 2.75) is 223 Å². The van der Waals surface area contributed by atoms with Gasteiger partial charge in [-0.3, -0.25) is 23.2 Å². The average molecular weight is 983 g/mol. The van der Waals surface area contributed by atoms with Gasteiger partial charge in [-0.15, -0.1) is 0 Å². The number of carbonyl (C=O) groups is 2. The van der Waals surface area contributed by atoms with E-state index in [2.05, 4.69) is 18.4 Å². The summed E-state index contributed by atoms with van der Waals surface area (Å²) < 4.78 is 49.3. The lowest BCUT2D eigenvalue weighted by Gasteiger charge is -2.43. The summed E-state index contributed by atoms with van der Waals surface area (Å²) in [5.41, 5.74) is 0. The predicted molar refractivity (Wildman–Crippen MR) is 252 cm³/mol. The van der Waals surface area contributed by atoms with Gasteiger partial charge in [0.2, 0.25) is 0 Å². The van der Waals surface area contributed by atoms with Crippen LogP contribution in [0.15, 0.2) is 48.6 Å². The highest BCUT2D eigenvalue weighted by atomic mass is 31.2. The first kappa shape index (κ1) is 61.9. The molecule has 0 spiro atoms. The smallest absolute Gasteiger partial charge is 0.462 e. The van der Waals surface area contributed by atoms with Gasteiger partial charge in [-0.05, 0) is 38.5 Å². The van der Waals surface area contributed by atoms with E-state index in [-0.39, 0.29) is 12.8 Å². The molecule has 1 fully saturated rings. The van der Waals surface area contributed by atoms with E-state index in [1.54, 1.807) is 6.08 Å². The topological polar surface area (TPSA) is 276 Å². The molecule has 0 aliphatic heterocycles. The molecule has 0 saturated heterocycles. The highest BCUT2D eigenvalue weighted by Gasteiger charge is 2.54. The second-order valence-corrected chi connectivity index (χ2v) is 19.6. The lowest BCUT2D eigenvalue weighted by molar-refractivity contribution is -0.216. The summed E-state index contributed by atoms with van der Waals surface area (Å²) in [5.74, 6) is -1.29. The van der Waals surface area contributed by atoms with Crippen LogP contribution in [0.2, 0.25) is 0 Å². The third-order valence-electron chi connectivity index (χ3n) is 11.0. The van der Waals surface area contributed by atoms with Crippen LogP contribution in [0.3, 0.4) is 0 Å². The van der Waals surface area contributed by atoms with E-state index in [9.17, 15) is 58.9 Å². The van der Waals surface area contributed by atoms with Crippen LogP contribution in [-0.4, -0.2) is 114 Å². The van der Waals surface area contributed by atoms with Gasteiger partial charge < -0.3 is 49.7 Å². The quantitative estimate of drug-likeness (QED) is 0.00943. The maximum absolute atomic E-state index is 13.0. The van der Waals surface area contributed by atoms with Crippen LogP contribution in [0, 0.1) is 0 Å². The molecule has 0 aromatic rings. The molecule has 8 N–H and O–H groups in total. The molecule has 1 saturated carbocycles. The van der Waals surface area contributed by atoms with Gasteiger partial charge in [-0.25, -0.2) is 9.13 Å². The minimum Gasteiger partial charge on any atom is -0.462 e. The summed E-state index contributed by atoms with van der Waals surface area (Å²) >= 11 is 0. The maximum Gasteiger partial charge on any atom is 0.472 e. The van der Waals surface area contributed by atoms with Gasteiger partial charge in [0.05, 0.1) is 12.7 Å². The van der Waals surface area contributed by atoms with Crippen LogP contribution < -0.4 is 0 Å².